The summed E-state index contributed by atoms with van der Waals surface area (Å²) >= 11 is 0. The minimum Gasteiger partial charge on any atom is -0.352 e. The van der Waals surface area contributed by atoms with Crippen LogP contribution in [0.5, 0.6) is 0 Å². The first kappa shape index (κ1) is 21.0. The van der Waals surface area contributed by atoms with Crippen molar-refractivity contribution >= 4 is 17.5 Å². The summed E-state index contributed by atoms with van der Waals surface area (Å²) < 4.78 is 1.65. The predicted octanol–water partition coefficient (Wildman–Crippen LogP) is 1.71. The lowest BCUT2D eigenvalue weighted by atomic mass is 9.92. The van der Waals surface area contributed by atoms with Crippen LogP contribution in [0.25, 0.3) is 5.65 Å². The fourth-order valence-electron chi connectivity index (χ4n) is 3.17. The second-order valence-corrected chi connectivity index (χ2v) is 9.32. The van der Waals surface area contributed by atoms with Crippen molar-refractivity contribution in [2.24, 2.45) is 11.3 Å². The molecule has 0 atom stereocenters. The molecule has 31 heavy (non-hydrogen) atoms. The summed E-state index contributed by atoms with van der Waals surface area (Å²) in [6, 6.07) is 1.87. The van der Waals surface area contributed by atoms with Crippen molar-refractivity contribution in [3.63, 3.8) is 0 Å². The lowest BCUT2D eigenvalue weighted by molar-refractivity contribution is -0.122. The normalized spacial score (nSPS) is 14.0. The van der Waals surface area contributed by atoms with Gasteiger partial charge in [-0.15, -0.1) is 5.10 Å². The Balaban J connectivity index is 1.31. The molecule has 3 heterocycles. The van der Waals surface area contributed by atoms with Crippen molar-refractivity contribution in [3.8, 4) is 0 Å². The van der Waals surface area contributed by atoms with Crippen molar-refractivity contribution in [3.05, 3.63) is 41.6 Å². The van der Waals surface area contributed by atoms with Crippen molar-refractivity contribution in [2.75, 3.05) is 0 Å². The average molecular weight is 425 g/mol. The van der Waals surface area contributed by atoms with E-state index in [2.05, 4.69) is 30.9 Å². The highest BCUT2D eigenvalue weighted by molar-refractivity contribution is 5.91. The number of nitrogens with zero attached hydrogens (tertiary/aromatic N) is 6. The number of amides is 2. The molecule has 10 nitrogen and oxygen atoms in total. The van der Waals surface area contributed by atoms with Crippen LogP contribution in [0.15, 0.2) is 24.7 Å². The molecule has 0 saturated heterocycles. The van der Waals surface area contributed by atoms with Gasteiger partial charge in [0.2, 0.25) is 5.91 Å². The third-order valence-electron chi connectivity index (χ3n) is 4.92. The van der Waals surface area contributed by atoms with Gasteiger partial charge < -0.3 is 10.6 Å². The molecular weight excluding hydrogens is 396 g/mol. The summed E-state index contributed by atoms with van der Waals surface area (Å²) in [7, 11) is 0. The van der Waals surface area contributed by atoms with E-state index in [0.29, 0.717) is 35.9 Å². The maximum Gasteiger partial charge on any atom is 0.273 e. The van der Waals surface area contributed by atoms with E-state index >= 15 is 0 Å². The lowest BCUT2D eigenvalue weighted by Crippen LogP contribution is -2.27. The molecule has 0 bridgehead atoms. The average Bonchev–Trinajstić information content (AvgIpc) is 3.22. The Labute approximate surface area is 180 Å². The second-order valence-electron chi connectivity index (χ2n) is 9.32. The Hall–Kier alpha value is -3.30. The van der Waals surface area contributed by atoms with Gasteiger partial charge in [-0.25, -0.2) is 9.50 Å². The first-order chi connectivity index (χ1) is 14.7. The maximum absolute atomic E-state index is 12.3. The number of nitrogens with one attached hydrogen (secondary N) is 2. The highest BCUT2D eigenvalue weighted by Gasteiger charge is 2.23. The van der Waals surface area contributed by atoms with Crippen LogP contribution in [0.1, 0.15) is 61.8 Å². The van der Waals surface area contributed by atoms with Crippen LogP contribution in [0.4, 0.5) is 0 Å². The minimum absolute atomic E-state index is 0.00757. The van der Waals surface area contributed by atoms with Crippen molar-refractivity contribution < 1.29 is 9.59 Å². The number of hydrogen-bond acceptors (Lipinski definition) is 6. The molecule has 1 aliphatic carbocycles. The molecule has 2 N–H and O–H groups in total. The fourth-order valence-corrected chi connectivity index (χ4v) is 3.17. The van der Waals surface area contributed by atoms with Crippen LogP contribution >= 0.6 is 0 Å². The molecule has 0 aliphatic heterocycles. The molecule has 0 unspecified atom stereocenters. The SMILES string of the molecule is CC(C)(C)CC(=O)NCc1cnn2cc(CNC(=O)c3cnn(CC4CC4)n3)nc2c1. The maximum atomic E-state index is 12.3. The van der Waals surface area contributed by atoms with Gasteiger partial charge in [-0.3, -0.25) is 9.59 Å². The van der Waals surface area contributed by atoms with Crippen LogP contribution < -0.4 is 10.6 Å². The van der Waals surface area contributed by atoms with Gasteiger partial charge in [-0.1, -0.05) is 20.8 Å². The van der Waals surface area contributed by atoms with E-state index in [1.54, 1.807) is 21.7 Å². The summed E-state index contributed by atoms with van der Waals surface area (Å²) in [5.41, 5.74) is 2.45. The lowest BCUT2D eigenvalue weighted by Gasteiger charge is -2.17. The number of fused-ring (bicyclic) bond motifs is 1. The summed E-state index contributed by atoms with van der Waals surface area (Å²) in [5, 5.41) is 18.5. The van der Waals surface area contributed by atoms with E-state index in [4.69, 9.17) is 0 Å². The third kappa shape index (κ3) is 5.87. The number of aromatic nitrogens is 6. The molecule has 1 saturated carbocycles. The Morgan fingerprint density at radius 3 is 2.68 bits per heavy atom. The molecule has 10 heteroatoms. The van der Waals surface area contributed by atoms with Crippen LogP contribution in [0.2, 0.25) is 0 Å². The van der Waals surface area contributed by atoms with Gasteiger partial charge in [0.15, 0.2) is 11.3 Å². The first-order valence-corrected chi connectivity index (χ1v) is 10.5. The molecule has 0 spiro atoms. The van der Waals surface area contributed by atoms with E-state index in [9.17, 15) is 9.59 Å². The molecule has 1 aliphatic rings. The minimum atomic E-state index is -0.283. The highest BCUT2D eigenvalue weighted by atomic mass is 16.2. The van der Waals surface area contributed by atoms with Crippen molar-refractivity contribution in [1.29, 1.82) is 0 Å². The summed E-state index contributed by atoms with van der Waals surface area (Å²) in [5.74, 6) is 0.368. The zero-order valence-electron chi connectivity index (χ0n) is 18.1. The van der Waals surface area contributed by atoms with Gasteiger partial charge in [0.1, 0.15) is 0 Å². The molecule has 2 amide bonds. The summed E-state index contributed by atoms with van der Waals surface area (Å²) in [6.45, 7) is 7.51. The first-order valence-electron chi connectivity index (χ1n) is 10.5. The summed E-state index contributed by atoms with van der Waals surface area (Å²) in [6.07, 6.45) is 7.83. The number of hydrogen-bond donors (Lipinski definition) is 2. The zero-order valence-corrected chi connectivity index (χ0v) is 18.1. The van der Waals surface area contributed by atoms with Gasteiger partial charge in [0, 0.05) is 13.0 Å². The van der Waals surface area contributed by atoms with Gasteiger partial charge >= 0.3 is 0 Å². The number of imidazole rings is 1. The second kappa shape index (κ2) is 8.44. The molecule has 4 rings (SSSR count). The predicted molar refractivity (Wildman–Crippen MR) is 113 cm³/mol. The third-order valence-corrected chi connectivity index (χ3v) is 4.92. The number of carbonyl (C=O) groups excluding carboxylic acids is 2. The van der Waals surface area contributed by atoms with Gasteiger partial charge in [0.05, 0.1) is 37.4 Å². The van der Waals surface area contributed by atoms with E-state index in [0.717, 1.165) is 12.1 Å². The smallest absolute Gasteiger partial charge is 0.273 e. The van der Waals surface area contributed by atoms with E-state index in [1.807, 2.05) is 26.8 Å². The quantitative estimate of drug-likeness (QED) is 0.568. The molecule has 164 valence electrons. The van der Waals surface area contributed by atoms with Crippen LogP contribution in [0.3, 0.4) is 0 Å². The molecule has 1 fully saturated rings. The number of carbonyl (C=O) groups is 2. The molecule has 3 aromatic rings. The van der Waals surface area contributed by atoms with Crippen LogP contribution in [0, 0.1) is 11.3 Å². The van der Waals surface area contributed by atoms with Gasteiger partial charge in [-0.2, -0.15) is 15.0 Å². The Morgan fingerprint density at radius 1 is 1.13 bits per heavy atom. The molecular formula is C21H28N8O2. The molecule has 0 aromatic carbocycles. The number of rotatable bonds is 8. The van der Waals surface area contributed by atoms with E-state index in [-0.39, 0.29) is 23.8 Å². The van der Waals surface area contributed by atoms with Crippen LogP contribution in [-0.4, -0.2) is 41.4 Å². The van der Waals surface area contributed by atoms with Gasteiger partial charge in [0.25, 0.3) is 5.91 Å². The monoisotopic (exact) mass is 424 g/mol. The highest BCUT2D eigenvalue weighted by Crippen LogP contribution is 2.29. The Bertz CT molecular complexity index is 1090. The van der Waals surface area contributed by atoms with E-state index in [1.165, 1.54) is 19.0 Å². The molecule has 0 radical (unpaired) electrons. The summed E-state index contributed by atoms with van der Waals surface area (Å²) in [4.78, 5) is 30.4. The van der Waals surface area contributed by atoms with Gasteiger partial charge in [-0.05, 0) is 35.8 Å². The fraction of sp³-hybridized carbons (Fsp3) is 0.524. The van der Waals surface area contributed by atoms with E-state index < -0.39 is 0 Å². The Kier molecular flexibility index (Phi) is 5.71. The topological polar surface area (TPSA) is 119 Å². The molecule has 3 aromatic heterocycles. The Morgan fingerprint density at radius 2 is 1.94 bits per heavy atom. The zero-order chi connectivity index (χ0) is 22.0. The van der Waals surface area contributed by atoms with Crippen LogP contribution in [-0.2, 0) is 24.4 Å². The largest absolute Gasteiger partial charge is 0.352 e. The van der Waals surface area contributed by atoms with Crippen molar-refractivity contribution in [1.82, 2.24) is 40.2 Å². The standard InChI is InChI=1S/C21H28N8O2/c1-21(2,3)7-19(30)22-8-15-6-18-26-16(13-28(18)24-9-15)10-23-20(31)17-11-25-29(27-17)12-14-4-5-14/h6,9,11,13-14H,4-5,7-8,10,12H2,1-3H3,(H,22,30)(H,23,31). The van der Waals surface area contributed by atoms with Crippen molar-refractivity contribution in [2.45, 2.75) is 59.7 Å².